The summed E-state index contributed by atoms with van der Waals surface area (Å²) in [7, 11) is 0. The second kappa shape index (κ2) is 8.58. The normalized spacial score (nSPS) is 14.1. The van der Waals surface area contributed by atoms with Crippen molar-refractivity contribution < 1.29 is 0 Å². The monoisotopic (exact) mass is 442 g/mol. The third-order valence-corrected chi connectivity index (χ3v) is 6.38. The van der Waals surface area contributed by atoms with E-state index in [1.807, 2.05) is 12.1 Å². The van der Waals surface area contributed by atoms with E-state index < -0.39 is 0 Å². The van der Waals surface area contributed by atoms with Crippen LogP contribution in [0.1, 0.15) is 11.1 Å². The van der Waals surface area contributed by atoms with Crippen LogP contribution in [0.15, 0.2) is 42.7 Å². The SMILES string of the molecule is Cc1cccc(N2CCN(c3ncnc(Nc4cccc(Cl)c4Cl)c3N)CC2)c1C. The summed E-state index contributed by atoms with van der Waals surface area (Å²) in [5, 5.41) is 4.08. The van der Waals surface area contributed by atoms with E-state index in [1.54, 1.807) is 6.07 Å². The first-order valence-corrected chi connectivity index (χ1v) is 10.6. The Morgan fingerprint density at radius 2 is 1.63 bits per heavy atom. The van der Waals surface area contributed by atoms with Gasteiger partial charge in [-0.05, 0) is 43.2 Å². The maximum absolute atomic E-state index is 6.42. The molecule has 0 aliphatic carbocycles. The molecule has 0 amide bonds. The van der Waals surface area contributed by atoms with Gasteiger partial charge >= 0.3 is 0 Å². The van der Waals surface area contributed by atoms with Crippen LogP contribution in [0.3, 0.4) is 0 Å². The van der Waals surface area contributed by atoms with E-state index in [1.165, 1.54) is 23.1 Å². The van der Waals surface area contributed by atoms with Crippen molar-refractivity contribution >= 4 is 51.9 Å². The van der Waals surface area contributed by atoms with Gasteiger partial charge in [0.1, 0.15) is 12.0 Å². The fourth-order valence-electron chi connectivity index (χ4n) is 3.70. The number of hydrogen-bond donors (Lipinski definition) is 2. The van der Waals surface area contributed by atoms with Crippen LogP contribution in [0, 0.1) is 13.8 Å². The van der Waals surface area contributed by atoms with Gasteiger partial charge in [-0.3, -0.25) is 0 Å². The van der Waals surface area contributed by atoms with Crippen LogP contribution in [0.5, 0.6) is 0 Å². The number of piperazine rings is 1. The highest BCUT2D eigenvalue weighted by Crippen LogP contribution is 2.35. The van der Waals surface area contributed by atoms with E-state index >= 15 is 0 Å². The fourth-order valence-corrected chi connectivity index (χ4v) is 4.05. The maximum atomic E-state index is 6.42. The van der Waals surface area contributed by atoms with Crippen molar-refractivity contribution in [2.24, 2.45) is 0 Å². The number of nitrogens with two attached hydrogens (primary N) is 1. The van der Waals surface area contributed by atoms with Crippen molar-refractivity contribution in [3.05, 3.63) is 63.9 Å². The largest absolute Gasteiger partial charge is 0.393 e. The van der Waals surface area contributed by atoms with Crippen LogP contribution in [0.4, 0.5) is 28.7 Å². The first-order valence-electron chi connectivity index (χ1n) is 9.83. The first-order chi connectivity index (χ1) is 14.5. The molecular weight excluding hydrogens is 419 g/mol. The van der Waals surface area contributed by atoms with Crippen molar-refractivity contribution in [2.45, 2.75) is 13.8 Å². The average molecular weight is 443 g/mol. The topological polar surface area (TPSA) is 70.3 Å². The molecule has 2 aromatic carbocycles. The molecule has 1 aliphatic rings. The Hall–Kier alpha value is -2.70. The van der Waals surface area contributed by atoms with Gasteiger partial charge < -0.3 is 20.9 Å². The summed E-state index contributed by atoms with van der Waals surface area (Å²) in [5.74, 6) is 1.24. The third kappa shape index (κ3) is 3.98. The first kappa shape index (κ1) is 20.6. The van der Waals surface area contributed by atoms with Crippen LogP contribution >= 0.6 is 23.2 Å². The summed E-state index contributed by atoms with van der Waals surface area (Å²) in [4.78, 5) is 13.4. The number of aromatic nitrogens is 2. The molecule has 2 heterocycles. The molecule has 4 rings (SSSR count). The van der Waals surface area contributed by atoms with Crippen LogP contribution in [0.25, 0.3) is 0 Å². The zero-order valence-electron chi connectivity index (χ0n) is 17.0. The Kier molecular flexibility index (Phi) is 5.88. The predicted octanol–water partition coefficient (Wildman–Crippen LogP) is 5.05. The van der Waals surface area contributed by atoms with E-state index in [4.69, 9.17) is 28.9 Å². The Balaban J connectivity index is 1.51. The number of nitrogens with one attached hydrogen (secondary N) is 1. The minimum Gasteiger partial charge on any atom is -0.393 e. The number of hydrogen-bond acceptors (Lipinski definition) is 6. The number of benzene rings is 2. The van der Waals surface area contributed by atoms with Gasteiger partial charge in [-0.15, -0.1) is 0 Å². The number of anilines is 5. The summed E-state index contributed by atoms with van der Waals surface area (Å²) in [6, 6.07) is 11.8. The molecule has 0 bridgehead atoms. The van der Waals surface area contributed by atoms with Crippen molar-refractivity contribution in [1.82, 2.24) is 9.97 Å². The maximum Gasteiger partial charge on any atom is 0.159 e. The zero-order valence-corrected chi connectivity index (χ0v) is 18.5. The minimum absolute atomic E-state index is 0.431. The Morgan fingerprint density at radius 1 is 0.933 bits per heavy atom. The van der Waals surface area contributed by atoms with Crippen molar-refractivity contribution in [1.29, 1.82) is 0 Å². The lowest BCUT2D eigenvalue weighted by atomic mass is 10.1. The molecule has 0 radical (unpaired) electrons. The summed E-state index contributed by atoms with van der Waals surface area (Å²) in [6.45, 7) is 7.78. The van der Waals surface area contributed by atoms with Gasteiger partial charge in [0.25, 0.3) is 0 Å². The van der Waals surface area contributed by atoms with Gasteiger partial charge in [0.2, 0.25) is 0 Å². The van der Waals surface area contributed by atoms with E-state index in [-0.39, 0.29) is 0 Å². The predicted molar refractivity (Wildman–Crippen MR) is 127 cm³/mol. The highest BCUT2D eigenvalue weighted by molar-refractivity contribution is 6.43. The van der Waals surface area contributed by atoms with Crippen molar-refractivity contribution in [3.8, 4) is 0 Å². The van der Waals surface area contributed by atoms with Gasteiger partial charge in [-0.2, -0.15) is 0 Å². The molecule has 0 unspecified atom stereocenters. The molecule has 0 atom stereocenters. The summed E-state index contributed by atoms with van der Waals surface area (Å²) in [5.41, 5.74) is 11.5. The van der Waals surface area contributed by atoms with Crippen molar-refractivity contribution in [2.75, 3.05) is 47.0 Å². The van der Waals surface area contributed by atoms with Crippen LogP contribution in [-0.2, 0) is 0 Å². The Labute approximate surface area is 186 Å². The van der Waals surface area contributed by atoms with Gasteiger partial charge in [0.05, 0.1) is 15.7 Å². The number of nitrogens with zero attached hydrogens (tertiary/aromatic N) is 4. The Bertz CT molecular complexity index is 1060. The summed E-state index contributed by atoms with van der Waals surface area (Å²) in [6.07, 6.45) is 1.52. The smallest absolute Gasteiger partial charge is 0.159 e. The molecule has 30 heavy (non-hydrogen) atoms. The lowest BCUT2D eigenvalue weighted by Gasteiger charge is -2.38. The quantitative estimate of drug-likeness (QED) is 0.588. The molecule has 8 heteroatoms. The van der Waals surface area contributed by atoms with E-state index in [2.05, 4.69) is 57.1 Å². The average Bonchev–Trinajstić information content (AvgIpc) is 2.75. The molecule has 156 valence electrons. The van der Waals surface area contributed by atoms with E-state index in [0.29, 0.717) is 27.2 Å². The van der Waals surface area contributed by atoms with Crippen LogP contribution in [-0.4, -0.2) is 36.1 Å². The molecule has 1 aromatic heterocycles. The number of rotatable bonds is 4. The standard InChI is InChI=1S/C22H24Cl2N6/c1-14-5-3-8-18(15(14)2)29-9-11-30(12-10-29)22-20(25)21(26-13-27-22)28-17-7-4-6-16(23)19(17)24/h3-8,13H,9-12,25H2,1-2H3,(H,26,27,28). The van der Waals surface area contributed by atoms with Crippen LogP contribution < -0.4 is 20.9 Å². The van der Waals surface area contributed by atoms with E-state index in [0.717, 1.165) is 32.0 Å². The second-order valence-corrected chi connectivity index (χ2v) is 8.16. The zero-order chi connectivity index (χ0) is 21.3. The molecule has 0 spiro atoms. The second-order valence-electron chi connectivity index (χ2n) is 7.38. The van der Waals surface area contributed by atoms with Gasteiger partial charge in [0, 0.05) is 31.9 Å². The molecule has 0 saturated carbocycles. The number of nitrogen functional groups attached to an aromatic ring is 1. The minimum atomic E-state index is 0.431. The Morgan fingerprint density at radius 3 is 2.40 bits per heavy atom. The van der Waals surface area contributed by atoms with E-state index in [9.17, 15) is 0 Å². The van der Waals surface area contributed by atoms with Gasteiger partial charge in [-0.25, -0.2) is 9.97 Å². The van der Waals surface area contributed by atoms with Crippen molar-refractivity contribution in [3.63, 3.8) is 0 Å². The van der Waals surface area contributed by atoms with Gasteiger partial charge in [-0.1, -0.05) is 41.4 Å². The summed E-state index contributed by atoms with van der Waals surface area (Å²) < 4.78 is 0. The van der Waals surface area contributed by atoms with Gasteiger partial charge in [0.15, 0.2) is 11.6 Å². The lowest BCUT2D eigenvalue weighted by molar-refractivity contribution is 0.646. The lowest BCUT2D eigenvalue weighted by Crippen LogP contribution is -2.47. The highest BCUT2D eigenvalue weighted by atomic mass is 35.5. The molecule has 3 N–H and O–H groups in total. The third-order valence-electron chi connectivity index (χ3n) is 5.56. The highest BCUT2D eigenvalue weighted by Gasteiger charge is 2.22. The fraction of sp³-hybridized carbons (Fsp3) is 0.273. The molecule has 1 aliphatic heterocycles. The molecule has 6 nitrogen and oxygen atoms in total. The molecule has 1 saturated heterocycles. The van der Waals surface area contributed by atoms with Crippen LogP contribution in [0.2, 0.25) is 10.0 Å². The summed E-state index contributed by atoms with van der Waals surface area (Å²) >= 11 is 12.4. The molecule has 1 fully saturated rings. The molecular formula is C22H24Cl2N6. The molecule has 3 aromatic rings. The number of halogens is 2. The number of aryl methyl sites for hydroxylation is 1.